The zero-order valence-electron chi connectivity index (χ0n) is 14.1. The van der Waals surface area contributed by atoms with Gasteiger partial charge in [0.15, 0.2) is 0 Å². The van der Waals surface area contributed by atoms with Crippen LogP contribution in [0.4, 0.5) is 17.3 Å². The zero-order chi connectivity index (χ0) is 17.8. The van der Waals surface area contributed by atoms with E-state index in [1.165, 1.54) is 10.4 Å². The highest BCUT2D eigenvalue weighted by molar-refractivity contribution is 7.78. The molecule has 0 radical (unpaired) electrons. The predicted molar refractivity (Wildman–Crippen MR) is 98.6 cm³/mol. The predicted octanol–water partition coefficient (Wildman–Crippen LogP) is 0.864. The van der Waals surface area contributed by atoms with Crippen LogP contribution in [0.25, 0.3) is 0 Å². The fourth-order valence-electron chi connectivity index (χ4n) is 2.54. The van der Waals surface area contributed by atoms with Gasteiger partial charge in [0.25, 0.3) is 5.95 Å². The molecule has 1 aromatic carbocycles. The third kappa shape index (κ3) is 3.86. The molecule has 134 valence electrons. The van der Waals surface area contributed by atoms with Gasteiger partial charge in [0, 0.05) is 12.7 Å². The van der Waals surface area contributed by atoms with E-state index in [1.54, 1.807) is 17.0 Å². The van der Waals surface area contributed by atoms with Crippen molar-refractivity contribution >= 4 is 36.0 Å². The number of anilines is 3. The average Bonchev–Trinajstić information content (AvgIpc) is 3.22. The molecule has 0 aliphatic carbocycles. The third-order valence-electron chi connectivity index (χ3n) is 3.99. The van der Waals surface area contributed by atoms with E-state index in [0.29, 0.717) is 19.0 Å². The topological polar surface area (TPSA) is 87.6 Å². The maximum absolute atomic E-state index is 12.2. The maximum Gasteiger partial charge on any atom is 0.258 e. The lowest BCUT2D eigenvalue weighted by atomic mass is 10.1. The molecule has 0 unspecified atom stereocenters. The molecule has 1 aliphatic rings. The molecule has 9 nitrogen and oxygen atoms in total. The molecule has 0 bridgehead atoms. The SMILES string of the molecule is CCNCC(=O)N(C)c1ccc2c(c1)N(ONc1ncnn1S)CC2. The van der Waals surface area contributed by atoms with Gasteiger partial charge >= 0.3 is 0 Å². The van der Waals surface area contributed by atoms with Crippen LogP contribution in [-0.2, 0) is 16.2 Å². The van der Waals surface area contributed by atoms with E-state index in [4.69, 9.17) is 4.94 Å². The molecule has 3 rings (SSSR count). The largest absolute Gasteiger partial charge is 0.314 e. The smallest absolute Gasteiger partial charge is 0.258 e. The van der Waals surface area contributed by atoms with Gasteiger partial charge in [0.05, 0.1) is 18.8 Å². The highest BCUT2D eigenvalue weighted by Gasteiger charge is 2.23. The molecular formula is C15H21N7O2S. The molecule has 0 spiro atoms. The number of hydrogen-bond acceptors (Lipinski definition) is 8. The van der Waals surface area contributed by atoms with Crippen molar-refractivity contribution in [3.63, 3.8) is 0 Å². The van der Waals surface area contributed by atoms with Crippen molar-refractivity contribution in [2.75, 3.05) is 42.1 Å². The van der Waals surface area contributed by atoms with Crippen LogP contribution in [0.5, 0.6) is 0 Å². The van der Waals surface area contributed by atoms with Gasteiger partial charge < -0.3 is 10.2 Å². The lowest BCUT2D eigenvalue weighted by Crippen LogP contribution is -2.35. The summed E-state index contributed by atoms with van der Waals surface area (Å²) < 4.78 is 1.28. The first kappa shape index (κ1) is 17.5. The van der Waals surface area contributed by atoms with Crippen LogP contribution in [0.15, 0.2) is 24.5 Å². The Balaban J connectivity index is 1.70. The fraction of sp³-hybridized carbons (Fsp3) is 0.400. The van der Waals surface area contributed by atoms with Gasteiger partial charge in [0.1, 0.15) is 6.33 Å². The molecule has 0 saturated heterocycles. The number of benzene rings is 1. The van der Waals surface area contributed by atoms with Crippen molar-refractivity contribution in [1.29, 1.82) is 0 Å². The summed E-state index contributed by atoms with van der Waals surface area (Å²) in [6.45, 7) is 3.73. The number of aromatic nitrogens is 3. The fourth-order valence-corrected chi connectivity index (χ4v) is 2.67. The number of rotatable bonds is 7. The molecule has 0 fully saturated rings. The Morgan fingerprint density at radius 3 is 3.04 bits per heavy atom. The minimum absolute atomic E-state index is 0.00793. The maximum atomic E-state index is 12.2. The van der Waals surface area contributed by atoms with Crippen molar-refractivity contribution in [3.05, 3.63) is 30.1 Å². The van der Waals surface area contributed by atoms with Gasteiger partial charge in [-0.2, -0.15) is 14.0 Å². The number of nitrogens with zero attached hydrogens (tertiary/aromatic N) is 5. The van der Waals surface area contributed by atoms with E-state index in [0.717, 1.165) is 29.9 Å². The van der Waals surface area contributed by atoms with E-state index in [1.807, 2.05) is 25.1 Å². The van der Waals surface area contributed by atoms with Crippen LogP contribution < -0.4 is 20.8 Å². The summed E-state index contributed by atoms with van der Waals surface area (Å²) in [6, 6.07) is 5.91. The number of nitrogens with one attached hydrogen (secondary N) is 2. The van der Waals surface area contributed by atoms with Crippen LogP contribution in [0, 0.1) is 0 Å². The minimum atomic E-state index is 0.00793. The van der Waals surface area contributed by atoms with Gasteiger partial charge in [-0.05, 0) is 43.5 Å². The zero-order valence-corrected chi connectivity index (χ0v) is 15.0. The van der Waals surface area contributed by atoms with Gasteiger partial charge in [-0.25, -0.2) is 10.5 Å². The Morgan fingerprint density at radius 1 is 1.48 bits per heavy atom. The lowest BCUT2D eigenvalue weighted by Gasteiger charge is -2.21. The van der Waals surface area contributed by atoms with Crippen molar-refractivity contribution in [1.82, 2.24) is 19.5 Å². The highest BCUT2D eigenvalue weighted by atomic mass is 32.1. The Hall–Kier alpha value is -2.30. The number of carbonyl (C=O) groups excluding carboxylic acids is 1. The van der Waals surface area contributed by atoms with E-state index in [2.05, 4.69) is 33.7 Å². The molecule has 2 heterocycles. The summed E-state index contributed by atoms with van der Waals surface area (Å²) in [4.78, 5) is 23.4. The average molecular weight is 363 g/mol. The molecule has 0 saturated carbocycles. The second-order valence-electron chi connectivity index (χ2n) is 5.56. The summed E-state index contributed by atoms with van der Waals surface area (Å²) in [5.41, 5.74) is 5.61. The molecule has 1 aliphatic heterocycles. The first-order chi connectivity index (χ1) is 12.1. The van der Waals surface area contributed by atoms with Crippen molar-refractivity contribution in [2.45, 2.75) is 13.3 Å². The summed E-state index contributed by atoms with van der Waals surface area (Å²) in [5.74, 6) is 0.388. The van der Waals surface area contributed by atoms with Crippen LogP contribution in [0.1, 0.15) is 12.5 Å². The number of hydrogen-bond donors (Lipinski definition) is 3. The normalized spacial score (nSPS) is 13.0. The van der Waals surface area contributed by atoms with Crippen molar-refractivity contribution in [2.24, 2.45) is 0 Å². The number of likely N-dealkylation sites (N-methyl/N-ethyl adjacent to an activating group) is 2. The second-order valence-corrected chi connectivity index (χ2v) is 5.94. The number of thiol groups is 1. The van der Waals surface area contributed by atoms with Crippen LogP contribution in [-0.4, -0.2) is 46.8 Å². The van der Waals surface area contributed by atoms with E-state index >= 15 is 0 Å². The van der Waals surface area contributed by atoms with E-state index in [9.17, 15) is 4.79 Å². The first-order valence-corrected chi connectivity index (χ1v) is 8.40. The molecule has 2 N–H and O–H groups in total. The first-order valence-electron chi connectivity index (χ1n) is 8.00. The summed E-state index contributed by atoms with van der Waals surface area (Å²) >= 11 is 4.11. The highest BCUT2D eigenvalue weighted by Crippen LogP contribution is 2.32. The quantitative estimate of drug-likeness (QED) is 0.497. The van der Waals surface area contributed by atoms with Gasteiger partial charge in [0.2, 0.25) is 5.91 Å². The summed E-state index contributed by atoms with van der Waals surface area (Å²) in [6.07, 6.45) is 2.24. The summed E-state index contributed by atoms with van der Waals surface area (Å²) in [7, 11) is 1.77. The van der Waals surface area contributed by atoms with Gasteiger partial charge in [-0.15, -0.1) is 5.10 Å². The van der Waals surface area contributed by atoms with Gasteiger partial charge in [-0.1, -0.05) is 13.0 Å². The molecular weight excluding hydrogens is 342 g/mol. The third-order valence-corrected chi connectivity index (χ3v) is 4.28. The summed E-state index contributed by atoms with van der Waals surface area (Å²) in [5, 5.41) is 8.61. The second kappa shape index (κ2) is 7.72. The molecule has 10 heteroatoms. The van der Waals surface area contributed by atoms with Crippen LogP contribution in [0.2, 0.25) is 0 Å². The number of fused-ring (bicyclic) bond motifs is 1. The Bertz CT molecular complexity index is 751. The van der Waals surface area contributed by atoms with Crippen LogP contribution in [0.3, 0.4) is 0 Å². The Labute approximate surface area is 151 Å². The van der Waals surface area contributed by atoms with E-state index < -0.39 is 0 Å². The molecule has 2 aromatic rings. The standard InChI is InChI=1S/C15H21N7O2S/c1-3-16-9-14(23)20(2)12-5-4-11-6-7-21(13(11)8-12)24-19-15-17-10-18-22(15)25/h4-5,8,10,16,25H,3,6-7,9H2,1-2H3,(H,17,18,19). The van der Waals surface area contributed by atoms with Crippen molar-refractivity contribution < 1.29 is 9.73 Å². The number of hydroxylamine groups is 1. The molecule has 25 heavy (non-hydrogen) atoms. The minimum Gasteiger partial charge on any atom is -0.314 e. The number of amides is 1. The Morgan fingerprint density at radius 2 is 2.32 bits per heavy atom. The van der Waals surface area contributed by atoms with Crippen LogP contribution >= 0.6 is 12.8 Å². The number of carbonyl (C=O) groups is 1. The Kier molecular flexibility index (Phi) is 5.41. The van der Waals surface area contributed by atoms with Crippen molar-refractivity contribution in [3.8, 4) is 0 Å². The lowest BCUT2D eigenvalue weighted by molar-refractivity contribution is -0.117. The molecule has 1 aromatic heterocycles. The monoisotopic (exact) mass is 363 g/mol. The molecule has 1 amide bonds. The van der Waals surface area contributed by atoms with E-state index in [-0.39, 0.29) is 5.91 Å². The van der Waals surface area contributed by atoms with Gasteiger partial charge in [-0.3, -0.25) is 4.79 Å². The molecule has 0 atom stereocenters.